The lowest BCUT2D eigenvalue weighted by Crippen LogP contribution is -2.26. The first-order chi connectivity index (χ1) is 23.1. The van der Waals surface area contributed by atoms with E-state index in [1.54, 1.807) is 0 Å². The molecule has 0 atom stereocenters. The molecule has 0 saturated carbocycles. The maximum Gasteiger partial charge on any atom is 0.455 e. The molecule has 0 fully saturated rings. The predicted octanol–water partition coefficient (Wildman–Crippen LogP) is 6.99. The molecule has 5 rings (SSSR count). The maximum absolute atomic E-state index is 13.8. The highest BCUT2D eigenvalue weighted by Crippen LogP contribution is 3.02. The molecule has 2 amide bonds. The summed E-state index contributed by atoms with van der Waals surface area (Å²) >= 11 is 6.28. The van der Waals surface area contributed by atoms with Gasteiger partial charge in [-0.25, -0.2) is 9.67 Å². The molecule has 2 aromatic carbocycles. The van der Waals surface area contributed by atoms with Gasteiger partial charge in [0, 0.05) is 12.7 Å². The molecule has 262 valence electrons. The van der Waals surface area contributed by atoms with E-state index >= 15 is 0 Å². The van der Waals surface area contributed by atoms with Crippen LogP contribution in [0.15, 0.2) is 65.7 Å². The number of tetrazole rings is 1. The molecule has 3 heterocycles. The van der Waals surface area contributed by atoms with Gasteiger partial charge in [-0.1, -0.05) is 43.2 Å². The van der Waals surface area contributed by atoms with Gasteiger partial charge in [-0.3, -0.25) is 9.59 Å². The molecule has 0 bridgehead atoms. The van der Waals surface area contributed by atoms with Gasteiger partial charge in [-0.05, 0) is 65.7 Å². The number of hydrogen-bond acceptors (Lipinski definition) is 8. The molecule has 0 spiro atoms. The standard InChI is InChI=1S/C28H19ClF8N10O2S/c1-15-9-17(12-38)10-20(25(48)40-13-16-4-6-19(7-5-16)50(33,34,35,36)37)23(15)41-26(49)22-11-18(14-46-44-27(42-45-46)28(30,31)32)43-47(22)24-21(29)3-2-8-39-24/h2-11H,13-14H2,1H3,(H,40,48)(H,41,49). The Hall–Kier alpha value is -5.62. The molecule has 12 nitrogen and oxygen atoms in total. The molecule has 0 unspecified atom stereocenters. The zero-order chi connectivity index (χ0) is 36.7. The summed E-state index contributed by atoms with van der Waals surface area (Å²) in [5.74, 6) is -3.40. The van der Waals surface area contributed by atoms with Gasteiger partial charge in [-0.2, -0.15) is 28.3 Å². The van der Waals surface area contributed by atoms with E-state index in [0.717, 1.165) is 22.9 Å². The number of nitriles is 1. The maximum atomic E-state index is 13.8. The van der Waals surface area contributed by atoms with Gasteiger partial charge in [0.25, 0.3) is 17.6 Å². The molecule has 5 aromatic rings. The van der Waals surface area contributed by atoms with Crippen molar-refractivity contribution in [3.05, 3.63) is 105 Å². The van der Waals surface area contributed by atoms with Crippen molar-refractivity contribution in [1.82, 2.24) is 40.3 Å². The number of anilines is 1. The Morgan fingerprint density at radius 1 is 1.00 bits per heavy atom. The number of alkyl halides is 3. The minimum absolute atomic E-state index is 0.00275. The minimum Gasteiger partial charge on any atom is -0.348 e. The topological polar surface area (TPSA) is 156 Å². The third-order valence-corrected chi connectivity index (χ3v) is 8.17. The van der Waals surface area contributed by atoms with Crippen LogP contribution in [0.2, 0.25) is 5.02 Å². The lowest BCUT2D eigenvalue weighted by Gasteiger charge is -2.40. The van der Waals surface area contributed by atoms with Gasteiger partial charge in [0.1, 0.15) is 17.1 Å². The number of aryl methyl sites for hydroxylation is 1. The minimum atomic E-state index is -9.92. The first-order valence-electron chi connectivity index (χ1n) is 13.6. The van der Waals surface area contributed by atoms with Gasteiger partial charge in [0.2, 0.25) is 0 Å². The van der Waals surface area contributed by atoms with Crippen LogP contribution in [0.1, 0.15) is 49.1 Å². The second-order valence-electron chi connectivity index (χ2n) is 10.5. The van der Waals surface area contributed by atoms with E-state index < -0.39 is 52.0 Å². The van der Waals surface area contributed by atoms with Crippen molar-refractivity contribution >= 4 is 39.3 Å². The number of nitrogens with one attached hydrogen (secondary N) is 2. The van der Waals surface area contributed by atoms with Crippen LogP contribution in [0.4, 0.5) is 38.3 Å². The lowest BCUT2D eigenvalue weighted by atomic mass is 10.0. The highest BCUT2D eigenvalue weighted by molar-refractivity contribution is 8.45. The Kier molecular flexibility index (Phi) is 8.61. The number of benzene rings is 2. The summed E-state index contributed by atoms with van der Waals surface area (Å²) in [5, 5.41) is 28.3. The summed E-state index contributed by atoms with van der Waals surface area (Å²) in [5.41, 5.74) is -0.433. The Morgan fingerprint density at radius 2 is 1.70 bits per heavy atom. The molecule has 22 heteroatoms. The van der Waals surface area contributed by atoms with Crippen molar-refractivity contribution in [3.8, 4) is 11.9 Å². The van der Waals surface area contributed by atoms with Crippen molar-refractivity contribution in [2.45, 2.75) is 31.1 Å². The third kappa shape index (κ3) is 7.98. The normalized spacial score (nSPS) is 13.2. The average molecular weight is 747 g/mol. The van der Waals surface area contributed by atoms with Crippen molar-refractivity contribution in [2.75, 3.05) is 5.32 Å². The fourth-order valence-electron chi connectivity index (χ4n) is 4.45. The van der Waals surface area contributed by atoms with Gasteiger partial charge in [-0.15, -0.1) is 10.2 Å². The molecule has 0 radical (unpaired) electrons. The average Bonchev–Trinajstić information content (AvgIpc) is 3.68. The number of rotatable bonds is 9. The van der Waals surface area contributed by atoms with Crippen molar-refractivity contribution in [2.24, 2.45) is 0 Å². The molecular formula is C28H19ClF8N10O2S. The molecule has 0 aliphatic heterocycles. The van der Waals surface area contributed by atoms with Crippen LogP contribution < -0.4 is 10.6 Å². The molecule has 2 N–H and O–H groups in total. The monoisotopic (exact) mass is 746 g/mol. The number of carbonyl (C=O) groups excluding carboxylic acids is 2. The van der Waals surface area contributed by atoms with Crippen LogP contribution in [0.5, 0.6) is 0 Å². The van der Waals surface area contributed by atoms with Crippen LogP contribution in [-0.2, 0) is 19.3 Å². The fraction of sp³-hybridized carbons (Fsp3) is 0.143. The van der Waals surface area contributed by atoms with Gasteiger partial charge < -0.3 is 10.6 Å². The zero-order valence-electron chi connectivity index (χ0n) is 24.9. The number of amides is 2. The van der Waals surface area contributed by atoms with E-state index in [2.05, 4.69) is 36.1 Å². The quantitative estimate of drug-likeness (QED) is 0.153. The summed E-state index contributed by atoms with van der Waals surface area (Å²) in [4.78, 5) is 29.7. The third-order valence-electron chi connectivity index (χ3n) is 6.71. The number of aromatic nitrogens is 7. The van der Waals surface area contributed by atoms with Crippen LogP contribution in [0.3, 0.4) is 0 Å². The Morgan fingerprint density at radius 3 is 2.30 bits per heavy atom. The Labute approximate surface area is 280 Å². The molecule has 50 heavy (non-hydrogen) atoms. The highest BCUT2D eigenvalue weighted by Gasteiger charge is 2.65. The van der Waals surface area contributed by atoms with E-state index in [1.165, 1.54) is 37.4 Å². The number of hydrogen-bond donors (Lipinski definition) is 2. The summed E-state index contributed by atoms with van der Waals surface area (Å²) in [6.45, 7) is 0.551. The van der Waals surface area contributed by atoms with Gasteiger partial charge in [0.15, 0.2) is 5.82 Å². The van der Waals surface area contributed by atoms with Gasteiger partial charge >= 0.3 is 16.4 Å². The summed E-state index contributed by atoms with van der Waals surface area (Å²) in [6, 6.07) is 10.3. The van der Waals surface area contributed by atoms with E-state index in [1.807, 2.05) is 6.07 Å². The van der Waals surface area contributed by atoms with E-state index in [9.17, 15) is 47.5 Å². The SMILES string of the molecule is Cc1cc(C#N)cc(C(=O)NCc2ccc(S(F)(F)(F)(F)F)cc2)c1NC(=O)c1cc(Cn2nnc(C(F)(F)F)n2)nn1-c1ncccc1Cl. The Bertz CT molecular complexity index is 2180. The van der Waals surface area contributed by atoms with Crippen molar-refractivity contribution < 1.29 is 42.2 Å². The molecule has 0 saturated heterocycles. The van der Waals surface area contributed by atoms with Crippen LogP contribution in [0, 0.1) is 18.3 Å². The first kappa shape index (κ1) is 35.7. The number of pyridine rings is 1. The molecular weight excluding hydrogens is 728 g/mol. The van der Waals surface area contributed by atoms with Crippen molar-refractivity contribution in [3.63, 3.8) is 0 Å². The molecule has 3 aromatic heterocycles. The first-order valence-corrected chi connectivity index (χ1v) is 16.0. The predicted molar refractivity (Wildman–Crippen MR) is 161 cm³/mol. The summed E-state index contributed by atoms with van der Waals surface area (Å²) in [6.07, 6.45) is -3.54. The van der Waals surface area contributed by atoms with Crippen LogP contribution in [-0.4, -0.2) is 46.8 Å². The largest absolute Gasteiger partial charge is 0.455 e. The second kappa shape index (κ2) is 12.1. The van der Waals surface area contributed by atoms with Crippen LogP contribution in [0.25, 0.3) is 5.82 Å². The highest BCUT2D eigenvalue weighted by atomic mass is 35.5. The Balaban J connectivity index is 1.45. The zero-order valence-corrected chi connectivity index (χ0v) is 26.5. The van der Waals surface area contributed by atoms with E-state index in [4.69, 9.17) is 11.6 Å². The molecule has 0 aliphatic carbocycles. The van der Waals surface area contributed by atoms with Crippen molar-refractivity contribution in [1.29, 1.82) is 5.26 Å². The number of carbonyl (C=O) groups is 2. The lowest BCUT2D eigenvalue weighted by molar-refractivity contribution is -0.145. The van der Waals surface area contributed by atoms with Crippen LogP contribution >= 0.6 is 21.8 Å². The second-order valence-corrected chi connectivity index (χ2v) is 13.3. The smallest absolute Gasteiger partial charge is 0.348 e. The summed E-state index contributed by atoms with van der Waals surface area (Å²) in [7, 11) is -9.92. The fourth-order valence-corrected chi connectivity index (χ4v) is 5.30. The van der Waals surface area contributed by atoms with Gasteiger partial charge in [0.05, 0.1) is 33.6 Å². The number of halogens is 9. The van der Waals surface area contributed by atoms with E-state index in [-0.39, 0.29) is 62.3 Å². The molecule has 0 aliphatic rings. The summed E-state index contributed by atoms with van der Waals surface area (Å²) < 4.78 is 105. The number of nitrogens with zero attached hydrogens (tertiary/aromatic N) is 8. The van der Waals surface area contributed by atoms with E-state index in [0.29, 0.717) is 4.80 Å².